The number of phosphoric ester groups is 1. The van der Waals surface area contributed by atoms with Crippen molar-refractivity contribution in [3.63, 3.8) is 0 Å². The zero-order valence-corrected chi connectivity index (χ0v) is 17.1. The van der Waals surface area contributed by atoms with Gasteiger partial charge < -0.3 is 15.1 Å². The molecule has 0 aliphatic carbocycles. The first-order chi connectivity index (χ1) is 11.5. The molecule has 0 aliphatic heterocycles. The van der Waals surface area contributed by atoms with Crippen LogP contribution in [0.5, 0.6) is 0 Å². The third-order valence-electron chi connectivity index (χ3n) is 2.84. The summed E-state index contributed by atoms with van der Waals surface area (Å²) in [5.41, 5.74) is 0.0561. The molecule has 25 heavy (non-hydrogen) atoms. The molecule has 0 aliphatic rings. The maximum atomic E-state index is 13.1. The number of benzene rings is 1. The van der Waals surface area contributed by atoms with Gasteiger partial charge in [0.25, 0.3) is 5.91 Å². The molecule has 1 atom stereocenters. The molecular weight excluding hydrogens is 511 g/mol. The van der Waals surface area contributed by atoms with Gasteiger partial charge in [-0.15, -0.1) is 0 Å². The fourth-order valence-corrected chi connectivity index (χ4v) is 3.37. The second-order valence-corrected chi connectivity index (χ2v) is 7.81. The molecule has 0 fully saturated rings. The third kappa shape index (κ3) is 5.10. The molecule has 2 aromatic rings. The Hall–Kier alpha value is -0.810. The first-order valence-electron chi connectivity index (χ1n) is 6.43. The lowest BCUT2D eigenvalue weighted by Crippen LogP contribution is -2.21. The van der Waals surface area contributed by atoms with Crippen LogP contribution in [0, 0.1) is 5.82 Å². The van der Waals surface area contributed by atoms with Crippen molar-refractivity contribution in [3.05, 3.63) is 43.8 Å². The Balaban J connectivity index is 2.37. The van der Waals surface area contributed by atoms with Crippen molar-refractivity contribution in [1.29, 1.82) is 0 Å². The number of rotatable bonds is 5. The zero-order chi connectivity index (χ0) is 18.9. The van der Waals surface area contributed by atoms with Crippen molar-refractivity contribution < 1.29 is 28.1 Å². The molecule has 1 unspecified atom stereocenters. The van der Waals surface area contributed by atoms with Gasteiger partial charge in [0.1, 0.15) is 16.1 Å². The first kappa shape index (κ1) is 20.5. The number of hydrogen-bond acceptors (Lipinski definition) is 4. The molecule has 136 valence electrons. The van der Waals surface area contributed by atoms with Crippen LogP contribution in [0.15, 0.2) is 27.3 Å². The topological polar surface area (TPSA) is 114 Å². The Bertz CT molecular complexity index is 875. The molecule has 1 amide bonds. The van der Waals surface area contributed by atoms with Crippen molar-refractivity contribution >= 4 is 62.9 Å². The van der Waals surface area contributed by atoms with Crippen molar-refractivity contribution in [2.45, 2.75) is 13.2 Å². The minimum Gasteiger partial charge on any atom is -0.319 e. The third-order valence-corrected chi connectivity index (χ3v) is 5.57. The van der Waals surface area contributed by atoms with E-state index in [1.807, 2.05) is 0 Å². The molecule has 1 aromatic heterocycles. The fraction of sp³-hybridized carbons (Fsp3) is 0.167. The Morgan fingerprint density at radius 2 is 2.12 bits per heavy atom. The summed E-state index contributed by atoms with van der Waals surface area (Å²) in [5.74, 6) is -1.28. The van der Waals surface area contributed by atoms with E-state index in [4.69, 9.17) is 21.4 Å². The molecule has 0 saturated heterocycles. The molecule has 8 nitrogen and oxygen atoms in total. The molecule has 3 N–H and O–H groups in total. The van der Waals surface area contributed by atoms with Gasteiger partial charge in [0.2, 0.25) is 0 Å². The standard InChI is InChI=1S/C12H10Br2ClFN3O5P/c1-5(24-25(21,22)23)19-10(9(13)11(14)18-19)12(20)17-8-3-2-6(16)4-7(8)15/h2-5H,1H3,(H,17,20)(H2,21,22,23). The predicted molar refractivity (Wildman–Crippen MR) is 94.8 cm³/mol. The molecule has 1 aromatic carbocycles. The Labute approximate surface area is 162 Å². The van der Waals surface area contributed by atoms with Crippen LogP contribution in [-0.4, -0.2) is 25.5 Å². The van der Waals surface area contributed by atoms with Crippen LogP contribution in [0.2, 0.25) is 5.02 Å². The number of halogens is 4. The molecule has 0 spiro atoms. The maximum absolute atomic E-state index is 13.1. The number of carbonyl (C=O) groups excluding carboxylic acids is 1. The molecule has 2 rings (SSSR count). The molecule has 0 saturated carbocycles. The van der Waals surface area contributed by atoms with Crippen molar-refractivity contribution in [2.24, 2.45) is 0 Å². The summed E-state index contributed by atoms with van der Waals surface area (Å²) in [6, 6.07) is 3.41. The highest BCUT2D eigenvalue weighted by Crippen LogP contribution is 2.41. The lowest BCUT2D eigenvalue weighted by atomic mass is 10.3. The van der Waals surface area contributed by atoms with Crippen molar-refractivity contribution in [2.75, 3.05) is 5.32 Å². The van der Waals surface area contributed by atoms with E-state index in [-0.39, 0.29) is 25.5 Å². The lowest BCUT2D eigenvalue weighted by molar-refractivity contribution is 0.0801. The van der Waals surface area contributed by atoms with E-state index in [1.54, 1.807) is 0 Å². The minimum absolute atomic E-state index is 0.0193. The fourth-order valence-electron chi connectivity index (χ4n) is 1.87. The lowest BCUT2D eigenvalue weighted by Gasteiger charge is -2.17. The minimum atomic E-state index is -4.81. The van der Waals surface area contributed by atoms with Crippen LogP contribution >= 0.6 is 51.3 Å². The SMILES string of the molecule is CC(OP(=O)(O)O)n1nc(Br)c(Br)c1C(=O)Nc1ccc(F)cc1Cl. The van der Waals surface area contributed by atoms with E-state index in [0.717, 1.165) is 16.8 Å². The number of amides is 1. The second-order valence-electron chi connectivity index (χ2n) is 4.67. The summed E-state index contributed by atoms with van der Waals surface area (Å²) in [6.07, 6.45) is -1.26. The predicted octanol–water partition coefficient (Wildman–Crippen LogP) is 4.08. The van der Waals surface area contributed by atoms with Crippen LogP contribution in [0.3, 0.4) is 0 Å². The summed E-state index contributed by atoms with van der Waals surface area (Å²) < 4.78 is 30.1. The van der Waals surface area contributed by atoms with Crippen molar-refractivity contribution in [1.82, 2.24) is 9.78 Å². The highest BCUT2D eigenvalue weighted by Gasteiger charge is 2.28. The summed E-state index contributed by atoms with van der Waals surface area (Å²) in [5, 5.41) is 6.41. The number of nitrogens with zero attached hydrogens (tertiary/aromatic N) is 2. The summed E-state index contributed by atoms with van der Waals surface area (Å²) in [7, 11) is -4.81. The van der Waals surface area contributed by atoms with Crippen LogP contribution in [0.25, 0.3) is 0 Å². The number of phosphoric acid groups is 1. The van der Waals surface area contributed by atoms with Crippen molar-refractivity contribution in [3.8, 4) is 0 Å². The van der Waals surface area contributed by atoms with Gasteiger partial charge in [0.05, 0.1) is 15.2 Å². The Morgan fingerprint density at radius 1 is 1.48 bits per heavy atom. The van der Waals surface area contributed by atoms with Crippen LogP contribution in [0.4, 0.5) is 10.1 Å². The largest absolute Gasteiger partial charge is 0.471 e. The van der Waals surface area contributed by atoms with E-state index in [1.165, 1.54) is 13.0 Å². The van der Waals surface area contributed by atoms with E-state index in [2.05, 4.69) is 46.8 Å². The average Bonchev–Trinajstić information content (AvgIpc) is 2.76. The molecular formula is C12H10Br2ClFN3O5P. The van der Waals surface area contributed by atoms with Gasteiger partial charge >= 0.3 is 7.82 Å². The molecule has 13 heteroatoms. The Morgan fingerprint density at radius 3 is 2.68 bits per heavy atom. The van der Waals surface area contributed by atoms with Crippen LogP contribution in [0.1, 0.15) is 23.6 Å². The van der Waals surface area contributed by atoms with E-state index in [0.29, 0.717) is 0 Å². The highest BCUT2D eigenvalue weighted by molar-refractivity contribution is 9.13. The molecule has 0 bridgehead atoms. The number of hydrogen-bond donors (Lipinski definition) is 3. The van der Waals surface area contributed by atoms with Gasteiger partial charge in [0, 0.05) is 0 Å². The van der Waals surface area contributed by atoms with Gasteiger partial charge in [0.15, 0.2) is 6.23 Å². The number of anilines is 1. The molecule has 0 radical (unpaired) electrons. The summed E-state index contributed by atoms with van der Waals surface area (Å²) >= 11 is 12.1. The monoisotopic (exact) mass is 519 g/mol. The van der Waals surface area contributed by atoms with Crippen LogP contribution < -0.4 is 5.32 Å². The van der Waals surface area contributed by atoms with Gasteiger partial charge in [-0.3, -0.25) is 9.32 Å². The Kier molecular flexibility index (Phi) is 6.42. The normalized spacial score (nSPS) is 12.9. The number of aromatic nitrogens is 2. The van der Waals surface area contributed by atoms with E-state index in [9.17, 15) is 13.8 Å². The smallest absolute Gasteiger partial charge is 0.319 e. The number of nitrogens with one attached hydrogen (secondary N) is 1. The highest BCUT2D eigenvalue weighted by atomic mass is 79.9. The summed E-state index contributed by atoms with van der Waals surface area (Å²) in [6.45, 7) is 1.30. The van der Waals surface area contributed by atoms with Gasteiger partial charge in [-0.25, -0.2) is 13.6 Å². The van der Waals surface area contributed by atoms with Gasteiger partial charge in [-0.1, -0.05) is 11.6 Å². The number of carbonyl (C=O) groups is 1. The maximum Gasteiger partial charge on any atom is 0.471 e. The van der Waals surface area contributed by atoms with E-state index < -0.39 is 25.8 Å². The zero-order valence-electron chi connectivity index (χ0n) is 12.3. The average molecular weight is 521 g/mol. The molecule has 1 heterocycles. The van der Waals surface area contributed by atoms with Gasteiger partial charge in [-0.05, 0) is 57.0 Å². The first-order valence-corrected chi connectivity index (χ1v) is 9.93. The van der Waals surface area contributed by atoms with Crippen LogP contribution in [-0.2, 0) is 9.09 Å². The quantitative estimate of drug-likeness (QED) is 0.511. The summed E-state index contributed by atoms with van der Waals surface area (Å²) in [4.78, 5) is 30.4. The van der Waals surface area contributed by atoms with Gasteiger partial charge in [-0.2, -0.15) is 5.10 Å². The second kappa shape index (κ2) is 7.83. The van der Waals surface area contributed by atoms with E-state index >= 15 is 0 Å².